The van der Waals surface area contributed by atoms with Crippen molar-refractivity contribution in [1.82, 2.24) is 9.80 Å². The summed E-state index contributed by atoms with van der Waals surface area (Å²) in [6.45, 7) is 5.40. The van der Waals surface area contributed by atoms with E-state index in [9.17, 15) is 27.6 Å². The standard InChI is InChI=1S/C34H34F3N3O4/c1-3-44-33(43)31-23(2)40(30(41)21-29(31)25-10-5-4-6-11-25)22-24-9-7-12-26(19-24)32(42)39-17-15-38(16-18-39)28-14-8-13-27(20-28)34(35,36)37/h4-14,19-20,29H,3,15-18,21-22H2,1-2H3. The maximum atomic E-state index is 13.4. The van der Waals surface area contributed by atoms with Crippen molar-refractivity contribution in [3.05, 3.63) is 112 Å². The number of anilines is 1. The van der Waals surface area contributed by atoms with Gasteiger partial charge in [-0.1, -0.05) is 48.5 Å². The number of halogens is 3. The number of carbonyl (C=O) groups excluding carboxylic acids is 3. The molecule has 3 aromatic rings. The zero-order chi connectivity index (χ0) is 31.4. The zero-order valence-electron chi connectivity index (χ0n) is 24.6. The minimum atomic E-state index is -4.42. The molecule has 0 radical (unpaired) electrons. The van der Waals surface area contributed by atoms with E-state index in [2.05, 4.69) is 0 Å². The van der Waals surface area contributed by atoms with Gasteiger partial charge in [0.15, 0.2) is 0 Å². The third-order valence-electron chi connectivity index (χ3n) is 8.14. The minimum absolute atomic E-state index is 0.115. The highest BCUT2D eigenvalue weighted by Crippen LogP contribution is 2.38. The smallest absolute Gasteiger partial charge is 0.416 e. The van der Waals surface area contributed by atoms with Gasteiger partial charge < -0.3 is 19.4 Å². The first-order chi connectivity index (χ1) is 21.1. The van der Waals surface area contributed by atoms with E-state index in [1.807, 2.05) is 41.3 Å². The highest BCUT2D eigenvalue weighted by molar-refractivity contribution is 5.96. The van der Waals surface area contributed by atoms with E-state index >= 15 is 0 Å². The lowest BCUT2D eigenvalue weighted by Crippen LogP contribution is -2.48. The van der Waals surface area contributed by atoms with Crippen LogP contribution in [0.1, 0.15) is 53.2 Å². The second-order valence-electron chi connectivity index (χ2n) is 10.9. The quantitative estimate of drug-likeness (QED) is 0.308. The minimum Gasteiger partial charge on any atom is -0.463 e. The highest BCUT2D eigenvalue weighted by atomic mass is 19.4. The van der Waals surface area contributed by atoms with Crippen molar-refractivity contribution in [2.24, 2.45) is 0 Å². The van der Waals surface area contributed by atoms with Gasteiger partial charge in [0.1, 0.15) is 0 Å². The predicted molar refractivity (Wildman–Crippen MR) is 160 cm³/mol. The number of hydrogen-bond acceptors (Lipinski definition) is 5. The van der Waals surface area contributed by atoms with Crippen LogP contribution < -0.4 is 4.90 Å². The molecule has 7 nitrogen and oxygen atoms in total. The molecule has 0 saturated carbocycles. The molecule has 2 heterocycles. The fourth-order valence-corrected chi connectivity index (χ4v) is 5.86. The van der Waals surface area contributed by atoms with Crippen molar-refractivity contribution in [3.8, 4) is 0 Å². The van der Waals surface area contributed by atoms with Gasteiger partial charge >= 0.3 is 12.1 Å². The number of carbonyl (C=O) groups is 3. The van der Waals surface area contributed by atoms with Crippen molar-refractivity contribution in [2.45, 2.75) is 38.9 Å². The third-order valence-corrected chi connectivity index (χ3v) is 8.14. The maximum absolute atomic E-state index is 13.4. The fourth-order valence-electron chi connectivity index (χ4n) is 5.86. The Labute approximate surface area is 254 Å². The van der Waals surface area contributed by atoms with Crippen LogP contribution in [0.15, 0.2) is 90.1 Å². The van der Waals surface area contributed by atoms with Gasteiger partial charge in [-0.3, -0.25) is 9.59 Å². The molecule has 44 heavy (non-hydrogen) atoms. The molecule has 5 rings (SSSR count). The van der Waals surface area contributed by atoms with E-state index in [4.69, 9.17) is 4.74 Å². The molecule has 2 amide bonds. The van der Waals surface area contributed by atoms with Crippen LogP contribution in [0.4, 0.5) is 18.9 Å². The van der Waals surface area contributed by atoms with E-state index in [1.165, 1.54) is 6.07 Å². The van der Waals surface area contributed by atoms with Crippen LogP contribution in [-0.2, 0) is 27.0 Å². The van der Waals surface area contributed by atoms with Crippen molar-refractivity contribution in [3.63, 3.8) is 0 Å². The SMILES string of the molecule is CCOC(=O)C1=C(C)N(Cc2cccc(C(=O)N3CCN(c4cccc(C(F)(F)F)c4)CC3)c2)C(=O)CC1c1ccccc1. The Kier molecular flexibility index (Phi) is 9.08. The first kappa shape index (κ1) is 30.8. The Morgan fingerprint density at radius 2 is 1.61 bits per heavy atom. The Morgan fingerprint density at radius 1 is 0.909 bits per heavy atom. The number of nitrogens with zero attached hydrogens (tertiary/aromatic N) is 3. The molecule has 230 valence electrons. The Bertz CT molecular complexity index is 1560. The first-order valence-corrected chi connectivity index (χ1v) is 14.6. The summed E-state index contributed by atoms with van der Waals surface area (Å²) in [4.78, 5) is 45.0. The summed E-state index contributed by atoms with van der Waals surface area (Å²) in [5, 5.41) is 0. The molecule has 3 aromatic carbocycles. The van der Waals surface area contributed by atoms with Gasteiger partial charge in [0, 0.05) is 55.5 Å². The molecule has 1 unspecified atom stereocenters. The summed E-state index contributed by atoms with van der Waals surface area (Å²) in [5.74, 6) is -1.19. The van der Waals surface area contributed by atoms with Crippen LogP contribution in [0.3, 0.4) is 0 Å². The monoisotopic (exact) mass is 605 g/mol. The van der Waals surface area contributed by atoms with E-state index in [0.29, 0.717) is 48.7 Å². The van der Waals surface area contributed by atoms with E-state index in [1.54, 1.807) is 47.9 Å². The molecule has 0 aromatic heterocycles. The molecule has 0 N–H and O–H groups in total. The first-order valence-electron chi connectivity index (χ1n) is 14.6. The average molecular weight is 606 g/mol. The maximum Gasteiger partial charge on any atom is 0.416 e. The summed E-state index contributed by atoms with van der Waals surface area (Å²) in [6, 6.07) is 21.7. The van der Waals surface area contributed by atoms with Gasteiger partial charge in [-0.05, 0) is 55.3 Å². The molecule has 0 bridgehead atoms. The Morgan fingerprint density at radius 3 is 2.30 bits per heavy atom. The van der Waals surface area contributed by atoms with Gasteiger partial charge in [0.2, 0.25) is 5.91 Å². The van der Waals surface area contributed by atoms with Crippen LogP contribution >= 0.6 is 0 Å². The molecule has 2 aliphatic rings. The van der Waals surface area contributed by atoms with Gasteiger partial charge in [-0.25, -0.2) is 4.79 Å². The number of piperazine rings is 1. The number of amides is 2. The normalized spacial score (nSPS) is 17.6. The highest BCUT2D eigenvalue weighted by Gasteiger charge is 2.37. The number of ether oxygens (including phenoxy) is 1. The lowest BCUT2D eigenvalue weighted by molar-refractivity contribution is -0.140. The van der Waals surface area contributed by atoms with Gasteiger partial charge in [-0.2, -0.15) is 13.2 Å². The topological polar surface area (TPSA) is 70.2 Å². The largest absolute Gasteiger partial charge is 0.463 e. The van der Waals surface area contributed by atoms with Crippen LogP contribution in [0.2, 0.25) is 0 Å². The van der Waals surface area contributed by atoms with Gasteiger partial charge in [0.05, 0.1) is 24.3 Å². The molecular formula is C34H34F3N3O4. The van der Waals surface area contributed by atoms with Crippen molar-refractivity contribution in [2.75, 3.05) is 37.7 Å². The van der Waals surface area contributed by atoms with Crippen LogP contribution in [-0.4, -0.2) is 60.4 Å². The van der Waals surface area contributed by atoms with Crippen LogP contribution in [0.5, 0.6) is 0 Å². The van der Waals surface area contributed by atoms with E-state index in [-0.39, 0.29) is 31.4 Å². The number of benzene rings is 3. The van der Waals surface area contributed by atoms with Gasteiger partial charge in [0.25, 0.3) is 5.91 Å². The predicted octanol–water partition coefficient (Wildman–Crippen LogP) is 6.02. The molecule has 1 saturated heterocycles. The van der Waals surface area contributed by atoms with E-state index in [0.717, 1.165) is 23.3 Å². The molecular weight excluding hydrogens is 571 g/mol. The molecule has 1 fully saturated rings. The van der Waals surface area contributed by atoms with E-state index < -0.39 is 23.6 Å². The molecule has 10 heteroatoms. The fraction of sp³-hybridized carbons (Fsp3) is 0.324. The summed E-state index contributed by atoms with van der Waals surface area (Å²) in [7, 11) is 0. The number of allylic oxidation sites excluding steroid dienone is 1. The molecule has 0 aliphatic carbocycles. The average Bonchev–Trinajstić information content (AvgIpc) is 3.03. The Balaban J connectivity index is 1.30. The third kappa shape index (κ3) is 6.64. The van der Waals surface area contributed by atoms with Crippen molar-refractivity contribution in [1.29, 1.82) is 0 Å². The number of hydrogen-bond donors (Lipinski definition) is 0. The summed E-state index contributed by atoms with van der Waals surface area (Å²) >= 11 is 0. The second-order valence-corrected chi connectivity index (χ2v) is 10.9. The summed E-state index contributed by atoms with van der Waals surface area (Å²) in [6.07, 6.45) is -4.31. The lowest BCUT2D eigenvalue weighted by Gasteiger charge is -2.36. The Hall–Kier alpha value is -4.60. The zero-order valence-corrected chi connectivity index (χ0v) is 24.6. The van der Waals surface area contributed by atoms with Crippen molar-refractivity contribution < 1.29 is 32.3 Å². The molecule has 1 atom stereocenters. The lowest BCUT2D eigenvalue weighted by atomic mass is 9.83. The second kappa shape index (κ2) is 13.0. The van der Waals surface area contributed by atoms with Crippen LogP contribution in [0, 0.1) is 0 Å². The number of esters is 1. The van der Waals surface area contributed by atoms with Gasteiger partial charge in [-0.15, -0.1) is 0 Å². The van der Waals surface area contributed by atoms with Crippen molar-refractivity contribution >= 4 is 23.5 Å². The summed E-state index contributed by atoms with van der Waals surface area (Å²) in [5.41, 5.74) is 2.79. The van der Waals surface area contributed by atoms with Crippen LogP contribution in [0.25, 0.3) is 0 Å². The molecule has 0 spiro atoms. The number of rotatable bonds is 7. The number of alkyl halides is 3. The summed E-state index contributed by atoms with van der Waals surface area (Å²) < 4.78 is 44.9. The molecule has 2 aliphatic heterocycles.